The normalized spacial score (nSPS) is 19.1. The van der Waals surface area contributed by atoms with Crippen molar-refractivity contribution in [2.75, 3.05) is 26.7 Å². The minimum atomic E-state index is -0.114. The molecule has 4 heteroatoms. The average Bonchev–Trinajstić information content (AvgIpc) is 2.35. The van der Waals surface area contributed by atoms with E-state index in [2.05, 4.69) is 21.5 Å². The summed E-state index contributed by atoms with van der Waals surface area (Å²) in [5.41, 5.74) is 0. The van der Waals surface area contributed by atoms with Crippen molar-refractivity contribution in [3.63, 3.8) is 0 Å². The van der Waals surface area contributed by atoms with Crippen molar-refractivity contribution >= 4 is 5.91 Å². The summed E-state index contributed by atoms with van der Waals surface area (Å²) in [5, 5.41) is 6.04. The predicted octanol–water partition coefficient (Wildman–Crippen LogP) is -0.192. The van der Waals surface area contributed by atoms with E-state index in [9.17, 15) is 4.79 Å². The Labute approximate surface area is 97.8 Å². The van der Waals surface area contributed by atoms with Crippen LogP contribution in [0.2, 0.25) is 0 Å². The Hall–Kier alpha value is -1.05. The fourth-order valence-electron chi connectivity index (χ4n) is 2.00. The van der Waals surface area contributed by atoms with Crippen molar-refractivity contribution in [3.8, 4) is 12.3 Å². The number of nitrogens with one attached hydrogen (secondary N) is 2. The second-order valence-corrected chi connectivity index (χ2v) is 4.24. The van der Waals surface area contributed by atoms with Gasteiger partial charge in [-0.05, 0) is 39.9 Å². The highest BCUT2D eigenvalue weighted by Gasteiger charge is 2.25. The molecule has 0 aromatic carbocycles. The number of hydrogen-bond donors (Lipinski definition) is 2. The Morgan fingerprint density at radius 3 is 2.81 bits per heavy atom. The van der Waals surface area contributed by atoms with Gasteiger partial charge < -0.3 is 10.6 Å². The molecule has 0 radical (unpaired) electrons. The molecule has 1 fully saturated rings. The Balaban J connectivity index is 2.42. The predicted molar refractivity (Wildman–Crippen MR) is 65.0 cm³/mol. The van der Waals surface area contributed by atoms with Crippen LogP contribution in [0.5, 0.6) is 0 Å². The number of piperidine rings is 1. The second kappa shape index (κ2) is 6.51. The van der Waals surface area contributed by atoms with Gasteiger partial charge in [-0.2, -0.15) is 0 Å². The Morgan fingerprint density at radius 1 is 1.62 bits per heavy atom. The average molecular weight is 223 g/mol. The molecule has 0 spiro atoms. The van der Waals surface area contributed by atoms with E-state index in [1.807, 2.05) is 14.0 Å². The molecule has 1 heterocycles. The third-order valence-electron chi connectivity index (χ3n) is 3.24. The largest absolute Gasteiger partial charge is 0.344 e. The van der Waals surface area contributed by atoms with Gasteiger partial charge in [0.1, 0.15) is 0 Å². The molecule has 1 amide bonds. The molecular formula is C12H21N3O. The number of terminal acetylenes is 1. The van der Waals surface area contributed by atoms with Crippen molar-refractivity contribution in [3.05, 3.63) is 0 Å². The number of rotatable bonds is 4. The van der Waals surface area contributed by atoms with Gasteiger partial charge in [-0.15, -0.1) is 6.42 Å². The Morgan fingerprint density at radius 2 is 2.25 bits per heavy atom. The third kappa shape index (κ3) is 3.51. The first kappa shape index (κ1) is 13.0. The van der Waals surface area contributed by atoms with Crippen LogP contribution in [0.1, 0.15) is 19.8 Å². The number of carbonyl (C=O) groups excluding carboxylic acids is 1. The van der Waals surface area contributed by atoms with Gasteiger partial charge >= 0.3 is 0 Å². The standard InChI is InChI=1S/C12H21N3O/c1-4-7-14-12(16)10(2)15(3)11-5-8-13-9-6-11/h1,10-11,13H,5-9H2,2-3H3,(H,14,16). The summed E-state index contributed by atoms with van der Waals surface area (Å²) in [5.74, 6) is 2.42. The lowest BCUT2D eigenvalue weighted by Crippen LogP contribution is -2.50. The summed E-state index contributed by atoms with van der Waals surface area (Å²) < 4.78 is 0. The lowest BCUT2D eigenvalue weighted by atomic mass is 10.0. The summed E-state index contributed by atoms with van der Waals surface area (Å²) in [6, 6.07) is 0.379. The summed E-state index contributed by atoms with van der Waals surface area (Å²) in [4.78, 5) is 13.9. The molecule has 0 aromatic rings. The second-order valence-electron chi connectivity index (χ2n) is 4.24. The summed E-state index contributed by atoms with van der Waals surface area (Å²) in [6.45, 7) is 4.30. The molecule has 1 saturated heterocycles. The van der Waals surface area contributed by atoms with E-state index < -0.39 is 0 Å². The van der Waals surface area contributed by atoms with Gasteiger partial charge in [0.2, 0.25) is 5.91 Å². The van der Waals surface area contributed by atoms with Crippen molar-refractivity contribution in [2.24, 2.45) is 0 Å². The molecule has 1 atom stereocenters. The monoisotopic (exact) mass is 223 g/mol. The zero-order valence-electron chi connectivity index (χ0n) is 10.1. The lowest BCUT2D eigenvalue weighted by molar-refractivity contribution is -0.126. The Bertz CT molecular complexity index is 266. The fourth-order valence-corrected chi connectivity index (χ4v) is 2.00. The van der Waals surface area contributed by atoms with Gasteiger partial charge in [0.25, 0.3) is 0 Å². The first-order chi connectivity index (χ1) is 7.66. The SMILES string of the molecule is C#CCNC(=O)C(C)N(C)C1CCNCC1. The van der Waals surface area contributed by atoms with Crippen molar-refractivity contribution < 1.29 is 4.79 Å². The number of amides is 1. The van der Waals surface area contributed by atoms with E-state index >= 15 is 0 Å². The zero-order valence-corrected chi connectivity index (χ0v) is 10.1. The van der Waals surface area contributed by atoms with Crippen LogP contribution in [-0.4, -0.2) is 49.6 Å². The van der Waals surface area contributed by atoms with Crippen LogP contribution in [0.3, 0.4) is 0 Å². The van der Waals surface area contributed by atoms with Crippen LogP contribution in [0, 0.1) is 12.3 Å². The highest BCUT2D eigenvalue weighted by molar-refractivity contribution is 5.81. The molecule has 1 aliphatic rings. The molecule has 0 aliphatic carbocycles. The van der Waals surface area contributed by atoms with Crippen LogP contribution < -0.4 is 10.6 Å². The fraction of sp³-hybridized carbons (Fsp3) is 0.750. The van der Waals surface area contributed by atoms with Crippen LogP contribution in [0.4, 0.5) is 0 Å². The first-order valence-electron chi connectivity index (χ1n) is 5.80. The molecule has 1 aliphatic heterocycles. The van der Waals surface area contributed by atoms with E-state index in [1.54, 1.807) is 0 Å². The molecule has 1 unspecified atom stereocenters. The molecule has 0 bridgehead atoms. The van der Waals surface area contributed by atoms with Crippen molar-refractivity contribution in [2.45, 2.75) is 31.8 Å². The van der Waals surface area contributed by atoms with Crippen LogP contribution in [0.25, 0.3) is 0 Å². The van der Waals surface area contributed by atoms with E-state index in [-0.39, 0.29) is 11.9 Å². The molecule has 4 nitrogen and oxygen atoms in total. The van der Waals surface area contributed by atoms with E-state index in [0.29, 0.717) is 12.6 Å². The van der Waals surface area contributed by atoms with Crippen LogP contribution >= 0.6 is 0 Å². The topological polar surface area (TPSA) is 44.4 Å². The summed E-state index contributed by atoms with van der Waals surface area (Å²) in [6.07, 6.45) is 7.31. The number of carbonyl (C=O) groups is 1. The summed E-state index contributed by atoms with van der Waals surface area (Å²) >= 11 is 0. The molecule has 1 rings (SSSR count). The van der Waals surface area contributed by atoms with Crippen molar-refractivity contribution in [1.82, 2.24) is 15.5 Å². The smallest absolute Gasteiger partial charge is 0.237 e. The van der Waals surface area contributed by atoms with Crippen LogP contribution in [-0.2, 0) is 4.79 Å². The zero-order chi connectivity index (χ0) is 12.0. The van der Waals surface area contributed by atoms with Crippen molar-refractivity contribution in [1.29, 1.82) is 0 Å². The number of likely N-dealkylation sites (N-methyl/N-ethyl adjacent to an activating group) is 1. The molecular weight excluding hydrogens is 202 g/mol. The molecule has 0 aromatic heterocycles. The van der Waals surface area contributed by atoms with E-state index in [0.717, 1.165) is 25.9 Å². The molecule has 90 valence electrons. The minimum absolute atomic E-state index is 0.0129. The van der Waals surface area contributed by atoms with Gasteiger partial charge in [0.15, 0.2) is 0 Å². The molecule has 2 N–H and O–H groups in total. The van der Waals surface area contributed by atoms with Gasteiger partial charge in [-0.25, -0.2) is 0 Å². The maximum Gasteiger partial charge on any atom is 0.237 e. The molecule has 0 saturated carbocycles. The van der Waals surface area contributed by atoms with E-state index in [1.165, 1.54) is 0 Å². The lowest BCUT2D eigenvalue weighted by Gasteiger charge is -2.35. The number of hydrogen-bond acceptors (Lipinski definition) is 3. The van der Waals surface area contributed by atoms with Gasteiger partial charge in [0.05, 0.1) is 12.6 Å². The highest BCUT2D eigenvalue weighted by atomic mass is 16.2. The summed E-state index contributed by atoms with van der Waals surface area (Å²) in [7, 11) is 2.01. The van der Waals surface area contributed by atoms with Gasteiger partial charge in [-0.1, -0.05) is 5.92 Å². The molecule has 16 heavy (non-hydrogen) atoms. The Kier molecular flexibility index (Phi) is 5.30. The third-order valence-corrected chi connectivity index (χ3v) is 3.24. The minimum Gasteiger partial charge on any atom is -0.344 e. The maximum atomic E-state index is 11.7. The number of nitrogens with zero attached hydrogens (tertiary/aromatic N) is 1. The maximum absolute atomic E-state index is 11.7. The van der Waals surface area contributed by atoms with Gasteiger partial charge in [-0.3, -0.25) is 9.69 Å². The highest BCUT2D eigenvalue weighted by Crippen LogP contribution is 2.12. The van der Waals surface area contributed by atoms with Gasteiger partial charge in [0, 0.05) is 6.04 Å². The first-order valence-corrected chi connectivity index (χ1v) is 5.80. The van der Waals surface area contributed by atoms with E-state index in [4.69, 9.17) is 6.42 Å². The quantitative estimate of drug-likeness (QED) is 0.649. The van der Waals surface area contributed by atoms with Crippen LogP contribution in [0.15, 0.2) is 0 Å².